The third-order valence-electron chi connectivity index (χ3n) is 5.03. The van der Waals surface area contributed by atoms with Crippen LogP contribution in [0.15, 0.2) is 24.3 Å². The van der Waals surface area contributed by atoms with Crippen LogP contribution in [0.25, 0.3) is 10.9 Å². The third-order valence-corrected chi connectivity index (χ3v) is 5.03. The van der Waals surface area contributed by atoms with Crippen molar-refractivity contribution in [2.45, 2.75) is 25.8 Å². The SMILES string of the molecule is CN1CCc2nc3ccccc3c(C(=O)N(C)CC3CC3)c2C1. The van der Waals surface area contributed by atoms with E-state index in [0.29, 0.717) is 5.92 Å². The van der Waals surface area contributed by atoms with Crippen LogP contribution in [0.4, 0.5) is 0 Å². The van der Waals surface area contributed by atoms with E-state index in [-0.39, 0.29) is 5.91 Å². The molecule has 1 saturated carbocycles. The molecule has 23 heavy (non-hydrogen) atoms. The molecule has 0 N–H and O–H groups in total. The number of benzene rings is 1. The Bertz CT molecular complexity index is 767. The molecule has 120 valence electrons. The van der Waals surface area contributed by atoms with Gasteiger partial charge in [0.15, 0.2) is 0 Å². The molecule has 1 aromatic carbocycles. The number of carbonyl (C=O) groups excluding carboxylic acids is 1. The number of para-hydroxylation sites is 1. The number of hydrogen-bond acceptors (Lipinski definition) is 3. The van der Waals surface area contributed by atoms with E-state index >= 15 is 0 Å². The van der Waals surface area contributed by atoms with Gasteiger partial charge in [-0.25, -0.2) is 0 Å². The van der Waals surface area contributed by atoms with Crippen LogP contribution in [-0.4, -0.2) is 47.9 Å². The highest BCUT2D eigenvalue weighted by molar-refractivity contribution is 6.07. The zero-order chi connectivity index (χ0) is 16.0. The molecule has 4 rings (SSSR count). The Morgan fingerprint density at radius 3 is 2.91 bits per heavy atom. The predicted molar refractivity (Wildman–Crippen MR) is 91.5 cm³/mol. The smallest absolute Gasteiger partial charge is 0.254 e. The average molecular weight is 309 g/mol. The molecule has 0 spiro atoms. The number of aromatic nitrogens is 1. The summed E-state index contributed by atoms with van der Waals surface area (Å²) in [4.78, 5) is 22.2. The fraction of sp³-hybridized carbons (Fsp3) is 0.474. The number of nitrogens with zero attached hydrogens (tertiary/aromatic N) is 3. The molecule has 1 aliphatic carbocycles. The van der Waals surface area contributed by atoms with Gasteiger partial charge in [0.25, 0.3) is 5.91 Å². The van der Waals surface area contributed by atoms with Gasteiger partial charge in [-0.1, -0.05) is 18.2 Å². The fourth-order valence-corrected chi connectivity index (χ4v) is 3.53. The maximum Gasteiger partial charge on any atom is 0.254 e. The maximum atomic E-state index is 13.2. The first-order valence-corrected chi connectivity index (χ1v) is 8.48. The Hall–Kier alpha value is -1.94. The van der Waals surface area contributed by atoms with Crippen molar-refractivity contribution in [2.24, 2.45) is 5.92 Å². The molecule has 0 saturated heterocycles. The number of hydrogen-bond donors (Lipinski definition) is 0. The van der Waals surface area contributed by atoms with E-state index in [2.05, 4.69) is 11.9 Å². The Morgan fingerprint density at radius 2 is 2.13 bits per heavy atom. The second kappa shape index (κ2) is 5.60. The van der Waals surface area contributed by atoms with Crippen LogP contribution in [-0.2, 0) is 13.0 Å². The van der Waals surface area contributed by atoms with Crippen LogP contribution in [0.5, 0.6) is 0 Å². The minimum absolute atomic E-state index is 0.155. The number of pyridine rings is 1. The molecule has 1 amide bonds. The van der Waals surface area contributed by atoms with Gasteiger partial charge in [0, 0.05) is 49.7 Å². The molecule has 0 bridgehead atoms. The van der Waals surface area contributed by atoms with Crippen LogP contribution in [0.2, 0.25) is 0 Å². The lowest BCUT2D eigenvalue weighted by atomic mass is 9.95. The van der Waals surface area contributed by atoms with E-state index in [4.69, 9.17) is 4.98 Å². The van der Waals surface area contributed by atoms with Crippen molar-refractivity contribution in [3.63, 3.8) is 0 Å². The lowest BCUT2D eigenvalue weighted by molar-refractivity contribution is 0.0788. The summed E-state index contributed by atoms with van der Waals surface area (Å²) in [5.74, 6) is 0.859. The summed E-state index contributed by atoms with van der Waals surface area (Å²) in [6.07, 6.45) is 3.44. The monoisotopic (exact) mass is 309 g/mol. The van der Waals surface area contributed by atoms with E-state index in [1.807, 2.05) is 36.2 Å². The highest BCUT2D eigenvalue weighted by atomic mass is 16.2. The summed E-state index contributed by atoms with van der Waals surface area (Å²) in [7, 11) is 4.05. The summed E-state index contributed by atoms with van der Waals surface area (Å²) in [6, 6.07) is 8.06. The van der Waals surface area contributed by atoms with E-state index in [1.54, 1.807) is 0 Å². The van der Waals surface area contributed by atoms with Gasteiger partial charge in [-0.15, -0.1) is 0 Å². The zero-order valence-electron chi connectivity index (χ0n) is 13.9. The van der Waals surface area contributed by atoms with Crippen LogP contribution in [0.3, 0.4) is 0 Å². The van der Waals surface area contributed by atoms with Gasteiger partial charge >= 0.3 is 0 Å². The second-order valence-corrected chi connectivity index (χ2v) is 7.05. The van der Waals surface area contributed by atoms with Crippen molar-refractivity contribution in [3.05, 3.63) is 41.1 Å². The van der Waals surface area contributed by atoms with Crippen molar-refractivity contribution in [2.75, 3.05) is 27.2 Å². The predicted octanol–water partition coefficient (Wildman–Crippen LogP) is 2.70. The number of amides is 1. The largest absolute Gasteiger partial charge is 0.341 e. The first kappa shape index (κ1) is 14.6. The fourth-order valence-electron chi connectivity index (χ4n) is 3.53. The van der Waals surface area contributed by atoms with Crippen LogP contribution >= 0.6 is 0 Å². The molecule has 4 heteroatoms. The van der Waals surface area contributed by atoms with E-state index < -0.39 is 0 Å². The highest BCUT2D eigenvalue weighted by Gasteiger charge is 2.29. The Balaban J connectivity index is 1.84. The summed E-state index contributed by atoms with van der Waals surface area (Å²) in [5, 5.41) is 0.995. The number of rotatable bonds is 3. The molecule has 0 radical (unpaired) electrons. The normalized spacial score (nSPS) is 18.0. The molecular formula is C19H23N3O. The molecule has 2 aromatic rings. The van der Waals surface area contributed by atoms with Gasteiger partial charge in [-0.3, -0.25) is 9.78 Å². The number of fused-ring (bicyclic) bond motifs is 2. The molecule has 0 unspecified atom stereocenters. The van der Waals surface area contributed by atoms with Gasteiger partial charge in [-0.05, 0) is 31.9 Å². The first-order valence-electron chi connectivity index (χ1n) is 8.48. The molecule has 1 fully saturated rings. The summed E-state index contributed by atoms with van der Waals surface area (Å²) in [6.45, 7) is 2.69. The summed E-state index contributed by atoms with van der Waals surface area (Å²) >= 11 is 0. The first-order chi connectivity index (χ1) is 11.1. The third kappa shape index (κ3) is 2.72. The van der Waals surface area contributed by atoms with Crippen LogP contribution in [0, 0.1) is 5.92 Å². The second-order valence-electron chi connectivity index (χ2n) is 7.05. The van der Waals surface area contributed by atoms with E-state index in [0.717, 1.165) is 53.8 Å². The highest BCUT2D eigenvalue weighted by Crippen LogP contribution is 2.32. The minimum Gasteiger partial charge on any atom is -0.341 e. The van der Waals surface area contributed by atoms with Gasteiger partial charge in [0.2, 0.25) is 0 Å². The van der Waals surface area contributed by atoms with Crippen LogP contribution in [0.1, 0.15) is 34.5 Å². The molecule has 1 aliphatic heterocycles. The van der Waals surface area contributed by atoms with Crippen molar-refractivity contribution >= 4 is 16.8 Å². The van der Waals surface area contributed by atoms with Crippen molar-refractivity contribution < 1.29 is 4.79 Å². The number of likely N-dealkylation sites (N-methyl/N-ethyl adjacent to an activating group) is 1. The standard InChI is InChI=1S/C19H23N3O/c1-21-10-9-17-15(12-21)18(14-5-3-4-6-16(14)20-17)19(23)22(2)11-13-7-8-13/h3-6,13H,7-12H2,1-2H3. The lowest BCUT2D eigenvalue weighted by Crippen LogP contribution is -2.34. The Labute approximate surface area is 137 Å². The van der Waals surface area contributed by atoms with Gasteiger partial charge < -0.3 is 9.80 Å². The quantitative estimate of drug-likeness (QED) is 0.874. The summed E-state index contributed by atoms with van der Waals surface area (Å²) in [5.41, 5.74) is 4.05. The van der Waals surface area contributed by atoms with Crippen LogP contribution < -0.4 is 0 Å². The van der Waals surface area contributed by atoms with Gasteiger partial charge in [0.1, 0.15) is 0 Å². The van der Waals surface area contributed by atoms with Gasteiger partial charge in [-0.2, -0.15) is 0 Å². The average Bonchev–Trinajstić information content (AvgIpc) is 3.36. The maximum absolute atomic E-state index is 13.2. The molecule has 1 aromatic heterocycles. The molecule has 4 nitrogen and oxygen atoms in total. The van der Waals surface area contributed by atoms with Crippen molar-refractivity contribution in [1.82, 2.24) is 14.8 Å². The molecule has 0 atom stereocenters. The van der Waals surface area contributed by atoms with E-state index in [9.17, 15) is 4.79 Å². The van der Waals surface area contributed by atoms with E-state index in [1.165, 1.54) is 12.8 Å². The Morgan fingerprint density at radius 1 is 1.35 bits per heavy atom. The lowest BCUT2D eigenvalue weighted by Gasteiger charge is -2.28. The van der Waals surface area contributed by atoms with Crippen molar-refractivity contribution in [1.29, 1.82) is 0 Å². The summed E-state index contributed by atoms with van der Waals surface area (Å²) < 4.78 is 0. The molecule has 2 heterocycles. The zero-order valence-corrected chi connectivity index (χ0v) is 13.9. The molecule has 2 aliphatic rings. The van der Waals surface area contributed by atoms with Gasteiger partial charge in [0.05, 0.1) is 11.1 Å². The molecular weight excluding hydrogens is 286 g/mol. The van der Waals surface area contributed by atoms with Crippen molar-refractivity contribution in [3.8, 4) is 0 Å². The minimum atomic E-state index is 0.155. The topological polar surface area (TPSA) is 36.4 Å². The Kier molecular flexibility index (Phi) is 3.57. The number of carbonyl (C=O) groups is 1.